The highest BCUT2D eigenvalue weighted by Crippen LogP contribution is 2.70. The Morgan fingerprint density at radius 3 is 2.78 bits per heavy atom. The number of thiazole rings is 1. The van der Waals surface area contributed by atoms with Crippen molar-refractivity contribution in [2.24, 2.45) is 29.6 Å². The van der Waals surface area contributed by atoms with Crippen molar-refractivity contribution in [3.05, 3.63) is 16.6 Å². The topological polar surface area (TPSA) is 24.9 Å². The van der Waals surface area contributed by atoms with Crippen molar-refractivity contribution >= 4 is 11.3 Å². The number of hydrogen-bond donors (Lipinski definition) is 1. The Bertz CT molecular complexity index is 400. The minimum Gasteiger partial charge on any atom is -0.314 e. The second-order valence-electron chi connectivity index (χ2n) is 6.36. The van der Waals surface area contributed by atoms with Crippen LogP contribution in [0.3, 0.4) is 0 Å². The summed E-state index contributed by atoms with van der Waals surface area (Å²) in [6.07, 6.45) is 7.71. The number of likely N-dealkylation sites (N-methyl/N-ethyl adjacent to an activating group) is 1. The van der Waals surface area contributed by atoms with Gasteiger partial charge in [-0.15, -0.1) is 11.3 Å². The lowest BCUT2D eigenvalue weighted by Crippen LogP contribution is -2.35. The van der Waals surface area contributed by atoms with E-state index in [4.69, 9.17) is 0 Å². The highest BCUT2D eigenvalue weighted by Gasteiger charge is 2.66. The summed E-state index contributed by atoms with van der Waals surface area (Å²) in [5.41, 5.74) is 0. The quantitative estimate of drug-likeness (QED) is 0.882. The summed E-state index contributed by atoms with van der Waals surface area (Å²) >= 11 is 1.82. The zero-order valence-corrected chi connectivity index (χ0v) is 11.8. The number of nitrogens with one attached hydrogen (secondary N) is 1. The number of fused-ring (bicyclic) bond motifs is 5. The first-order valence-corrected chi connectivity index (χ1v) is 8.38. The average molecular weight is 262 g/mol. The molecular formula is C15H22N2S. The van der Waals surface area contributed by atoms with E-state index >= 15 is 0 Å². The van der Waals surface area contributed by atoms with Crippen molar-refractivity contribution in [2.75, 3.05) is 6.54 Å². The van der Waals surface area contributed by atoms with Crippen LogP contribution >= 0.6 is 11.3 Å². The second kappa shape index (κ2) is 4.31. The first-order chi connectivity index (χ1) is 8.88. The number of nitrogens with zero attached hydrogens (tertiary/aromatic N) is 1. The predicted octanol–water partition coefficient (Wildman–Crippen LogP) is 2.96. The fourth-order valence-electron chi connectivity index (χ4n) is 5.08. The van der Waals surface area contributed by atoms with Crippen LogP contribution in [0.15, 0.2) is 11.6 Å². The van der Waals surface area contributed by atoms with Crippen LogP contribution in [0.4, 0.5) is 0 Å². The van der Waals surface area contributed by atoms with Gasteiger partial charge in [-0.05, 0) is 55.4 Å². The lowest BCUT2D eigenvalue weighted by molar-refractivity contribution is 0.365. The molecular weight excluding hydrogens is 240 g/mol. The molecule has 3 aliphatic rings. The molecule has 3 fully saturated rings. The van der Waals surface area contributed by atoms with Crippen molar-refractivity contribution in [3.8, 4) is 0 Å². The third-order valence-corrected chi connectivity index (χ3v) is 6.41. The Morgan fingerprint density at radius 1 is 1.39 bits per heavy atom. The maximum absolute atomic E-state index is 4.47. The van der Waals surface area contributed by atoms with Crippen molar-refractivity contribution < 1.29 is 0 Å². The molecule has 0 saturated heterocycles. The lowest BCUT2D eigenvalue weighted by Gasteiger charge is -2.20. The van der Waals surface area contributed by atoms with Crippen molar-refractivity contribution in [1.82, 2.24) is 10.3 Å². The number of hydrogen-bond acceptors (Lipinski definition) is 3. The van der Waals surface area contributed by atoms with Gasteiger partial charge >= 0.3 is 0 Å². The molecule has 4 rings (SSSR count). The monoisotopic (exact) mass is 262 g/mol. The Balaban J connectivity index is 1.48. The van der Waals surface area contributed by atoms with Gasteiger partial charge in [0.2, 0.25) is 0 Å². The van der Waals surface area contributed by atoms with Gasteiger partial charge in [0, 0.05) is 24.0 Å². The highest BCUT2D eigenvalue weighted by atomic mass is 32.1. The minimum absolute atomic E-state index is 0.694. The van der Waals surface area contributed by atoms with Gasteiger partial charge in [-0.3, -0.25) is 0 Å². The summed E-state index contributed by atoms with van der Waals surface area (Å²) < 4.78 is 0. The van der Waals surface area contributed by atoms with E-state index < -0.39 is 0 Å². The van der Waals surface area contributed by atoms with Crippen molar-refractivity contribution in [2.45, 2.75) is 38.6 Å². The smallest absolute Gasteiger partial charge is 0.0940 e. The van der Waals surface area contributed by atoms with Crippen LogP contribution in [0.5, 0.6) is 0 Å². The van der Waals surface area contributed by atoms with Gasteiger partial charge in [0.25, 0.3) is 0 Å². The van der Waals surface area contributed by atoms with Crippen molar-refractivity contribution in [1.29, 1.82) is 0 Å². The Hall–Kier alpha value is -0.410. The van der Waals surface area contributed by atoms with E-state index in [1.807, 2.05) is 17.5 Å². The molecule has 18 heavy (non-hydrogen) atoms. The SMILES string of the molecule is CCNC(Cc1nccs1)C1C2C3CCC(C3)C21. The largest absolute Gasteiger partial charge is 0.314 e. The molecule has 0 aromatic carbocycles. The number of rotatable bonds is 5. The van der Waals surface area contributed by atoms with Gasteiger partial charge in [0.15, 0.2) is 0 Å². The first-order valence-electron chi connectivity index (χ1n) is 7.50. The minimum atomic E-state index is 0.694. The molecule has 0 aliphatic heterocycles. The van der Waals surface area contributed by atoms with Gasteiger partial charge in [0.1, 0.15) is 0 Å². The fraction of sp³-hybridized carbons (Fsp3) is 0.800. The molecule has 1 aromatic rings. The van der Waals surface area contributed by atoms with Crippen LogP contribution in [0.2, 0.25) is 0 Å². The summed E-state index contributed by atoms with van der Waals surface area (Å²) in [5, 5.41) is 7.17. The standard InChI is InChI=1S/C15H22N2S/c1-2-16-11(8-12-17-5-6-18-12)15-13-9-3-4-10(7-9)14(13)15/h5-6,9-11,13-16H,2-4,7-8H2,1H3. The van der Waals surface area contributed by atoms with E-state index in [1.165, 1.54) is 17.8 Å². The van der Waals surface area contributed by atoms with Crippen LogP contribution < -0.4 is 5.32 Å². The number of aromatic nitrogens is 1. The summed E-state index contributed by atoms with van der Waals surface area (Å²) in [5.74, 6) is 5.30. The maximum atomic E-state index is 4.47. The van der Waals surface area contributed by atoms with E-state index in [2.05, 4.69) is 22.6 Å². The van der Waals surface area contributed by atoms with Crippen LogP contribution in [0.25, 0.3) is 0 Å². The first kappa shape index (κ1) is 11.4. The molecule has 1 heterocycles. The fourth-order valence-corrected chi connectivity index (χ4v) is 5.76. The molecule has 3 saturated carbocycles. The Labute approximate surface area is 113 Å². The zero-order chi connectivity index (χ0) is 12.1. The van der Waals surface area contributed by atoms with E-state index in [-0.39, 0.29) is 0 Å². The van der Waals surface area contributed by atoms with Gasteiger partial charge in [-0.25, -0.2) is 4.98 Å². The van der Waals surface area contributed by atoms with Crippen LogP contribution in [0.1, 0.15) is 31.2 Å². The van der Waals surface area contributed by atoms with Crippen LogP contribution in [-0.4, -0.2) is 17.6 Å². The molecule has 98 valence electrons. The molecule has 1 aromatic heterocycles. The molecule has 2 bridgehead atoms. The van der Waals surface area contributed by atoms with E-state index in [0.717, 1.165) is 42.6 Å². The second-order valence-corrected chi connectivity index (χ2v) is 7.34. The molecule has 2 nitrogen and oxygen atoms in total. The summed E-state index contributed by atoms with van der Waals surface area (Å²) in [6.45, 7) is 3.34. The maximum Gasteiger partial charge on any atom is 0.0940 e. The molecule has 5 unspecified atom stereocenters. The molecule has 3 aliphatic carbocycles. The van der Waals surface area contributed by atoms with Gasteiger partial charge < -0.3 is 5.32 Å². The molecule has 0 amide bonds. The van der Waals surface area contributed by atoms with Gasteiger partial charge in [0.05, 0.1) is 5.01 Å². The Morgan fingerprint density at radius 2 is 2.17 bits per heavy atom. The molecule has 0 spiro atoms. The third-order valence-electron chi connectivity index (χ3n) is 5.60. The summed E-state index contributed by atoms with van der Waals surface area (Å²) in [7, 11) is 0. The average Bonchev–Trinajstić information content (AvgIpc) is 2.81. The highest BCUT2D eigenvalue weighted by molar-refractivity contribution is 7.09. The zero-order valence-electron chi connectivity index (χ0n) is 11.0. The molecule has 0 radical (unpaired) electrons. The van der Waals surface area contributed by atoms with Crippen LogP contribution in [-0.2, 0) is 6.42 Å². The molecule has 5 atom stereocenters. The summed E-state index contributed by atoms with van der Waals surface area (Å²) in [6, 6.07) is 0.694. The third kappa shape index (κ3) is 1.67. The van der Waals surface area contributed by atoms with E-state index in [1.54, 1.807) is 6.42 Å². The Kier molecular flexibility index (Phi) is 2.73. The normalized spacial score (nSPS) is 41.9. The van der Waals surface area contributed by atoms with Gasteiger partial charge in [-0.2, -0.15) is 0 Å². The lowest BCUT2D eigenvalue weighted by atomic mass is 9.96. The van der Waals surface area contributed by atoms with Crippen LogP contribution in [0, 0.1) is 29.6 Å². The molecule has 1 N–H and O–H groups in total. The van der Waals surface area contributed by atoms with E-state index in [9.17, 15) is 0 Å². The summed E-state index contributed by atoms with van der Waals surface area (Å²) in [4.78, 5) is 4.47. The van der Waals surface area contributed by atoms with Crippen molar-refractivity contribution in [3.63, 3.8) is 0 Å². The predicted molar refractivity (Wildman–Crippen MR) is 74.6 cm³/mol. The van der Waals surface area contributed by atoms with Gasteiger partial charge in [-0.1, -0.05) is 6.92 Å². The molecule has 3 heteroatoms. The van der Waals surface area contributed by atoms with E-state index in [0.29, 0.717) is 6.04 Å².